The van der Waals surface area contributed by atoms with Gasteiger partial charge in [-0.2, -0.15) is 0 Å². The predicted molar refractivity (Wildman–Crippen MR) is 106 cm³/mol. The first-order valence-electron chi connectivity index (χ1n) is 9.34. The lowest BCUT2D eigenvalue weighted by atomic mass is 10.1. The van der Waals surface area contributed by atoms with Crippen LogP contribution in [0, 0.1) is 0 Å². The molecule has 6 heteroatoms. The molecule has 1 N–H and O–H groups in total. The molecule has 0 aromatic heterocycles. The van der Waals surface area contributed by atoms with Gasteiger partial charge in [0.25, 0.3) is 0 Å². The smallest absolute Gasteiger partial charge is 0.408 e. The Morgan fingerprint density at radius 1 is 0.857 bits per heavy atom. The number of nitrogens with one attached hydrogen (secondary N) is 1. The van der Waals surface area contributed by atoms with Gasteiger partial charge in [-0.3, -0.25) is 0 Å². The van der Waals surface area contributed by atoms with Gasteiger partial charge < -0.3 is 19.5 Å². The summed E-state index contributed by atoms with van der Waals surface area (Å²) in [4.78, 5) is 24.6. The molecule has 0 saturated carbocycles. The van der Waals surface area contributed by atoms with Crippen LogP contribution in [0.3, 0.4) is 0 Å². The SMILES string of the molecule is CC(C)OCCOC(=O)[C@H](Cc1ccccc1)NC(=O)OCc1ccccc1. The Morgan fingerprint density at radius 2 is 1.46 bits per heavy atom. The summed E-state index contributed by atoms with van der Waals surface area (Å²) in [6.07, 6.45) is -0.296. The van der Waals surface area contributed by atoms with Gasteiger partial charge in [-0.15, -0.1) is 0 Å². The van der Waals surface area contributed by atoms with E-state index in [4.69, 9.17) is 14.2 Å². The van der Waals surface area contributed by atoms with E-state index in [-0.39, 0.29) is 19.3 Å². The van der Waals surface area contributed by atoms with E-state index in [0.29, 0.717) is 13.0 Å². The van der Waals surface area contributed by atoms with Crippen LogP contribution < -0.4 is 5.32 Å². The molecule has 2 aromatic rings. The standard InChI is InChI=1S/C22H27NO5/c1-17(2)26-13-14-27-21(24)20(15-18-9-5-3-6-10-18)23-22(25)28-16-19-11-7-4-8-12-19/h3-12,17,20H,13-16H2,1-2H3,(H,23,25)/t20-/m0/s1. The van der Waals surface area contributed by atoms with Gasteiger partial charge in [0.2, 0.25) is 0 Å². The quantitative estimate of drug-likeness (QED) is 0.501. The van der Waals surface area contributed by atoms with Crippen LogP contribution in [0.1, 0.15) is 25.0 Å². The fourth-order valence-electron chi connectivity index (χ4n) is 2.48. The Hall–Kier alpha value is -2.86. The van der Waals surface area contributed by atoms with Crippen LogP contribution in [0.2, 0.25) is 0 Å². The highest BCUT2D eigenvalue weighted by Crippen LogP contribution is 2.06. The largest absolute Gasteiger partial charge is 0.462 e. The number of amides is 1. The molecular formula is C22H27NO5. The molecule has 0 aliphatic carbocycles. The van der Waals surface area contributed by atoms with Crippen molar-refractivity contribution in [1.82, 2.24) is 5.32 Å². The molecule has 1 amide bonds. The lowest BCUT2D eigenvalue weighted by Crippen LogP contribution is -2.43. The molecule has 0 aliphatic rings. The van der Waals surface area contributed by atoms with Crippen LogP contribution in [0.25, 0.3) is 0 Å². The van der Waals surface area contributed by atoms with Crippen LogP contribution in [-0.2, 0) is 32.0 Å². The maximum atomic E-state index is 12.5. The molecule has 150 valence electrons. The summed E-state index contributed by atoms with van der Waals surface area (Å²) in [6, 6.07) is 17.9. The molecular weight excluding hydrogens is 358 g/mol. The van der Waals surface area contributed by atoms with E-state index in [0.717, 1.165) is 11.1 Å². The zero-order valence-electron chi connectivity index (χ0n) is 16.3. The minimum absolute atomic E-state index is 0.0601. The topological polar surface area (TPSA) is 73.9 Å². The molecule has 0 heterocycles. The molecule has 1 atom stereocenters. The van der Waals surface area contributed by atoms with Crippen molar-refractivity contribution < 1.29 is 23.8 Å². The summed E-state index contributed by atoms with van der Waals surface area (Å²) in [7, 11) is 0. The number of esters is 1. The highest BCUT2D eigenvalue weighted by atomic mass is 16.6. The lowest BCUT2D eigenvalue weighted by molar-refractivity contribution is -0.148. The average Bonchev–Trinajstić information content (AvgIpc) is 2.70. The van der Waals surface area contributed by atoms with E-state index < -0.39 is 18.1 Å². The zero-order chi connectivity index (χ0) is 20.2. The minimum atomic E-state index is -0.843. The van der Waals surface area contributed by atoms with Crippen LogP contribution in [-0.4, -0.2) is 37.4 Å². The zero-order valence-corrected chi connectivity index (χ0v) is 16.3. The summed E-state index contributed by atoms with van der Waals surface area (Å²) in [5.74, 6) is -0.520. The van der Waals surface area contributed by atoms with Gasteiger partial charge >= 0.3 is 12.1 Å². The second-order valence-corrected chi connectivity index (χ2v) is 6.54. The second-order valence-electron chi connectivity index (χ2n) is 6.54. The van der Waals surface area contributed by atoms with Gasteiger partial charge in [0, 0.05) is 6.42 Å². The molecule has 0 saturated heterocycles. The van der Waals surface area contributed by atoms with E-state index >= 15 is 0 Å². The number of alkyl carbamates (subject to hydrolysis) is 1. The summed E-state index contributed by atoms with van der Waals surface area (Å²) in [5, 5.41) is 2.61. The fourth-order valence-corrected chi connectivity index (χ4v) is 2.48. The van der Waals surface area contributed by atoms with E-state index in [1.807, 2.05) is 74.5 Å². The van der Waals surface area contributed by atoms with Crippen molar-refractivity contribution in [2.75, 3.05) is 13.2 Å². The first-order valence-corrected chi connectivity index (χ1v) is 9.34. The molecule has 2 rings (SSSR count). The van der Waals surface area contributed by atoms with Crippen molar-refractivity contribution in [3.8, 4) is 0 Å². The third-order valence-electron chi connectivity index (χ3n) is 3.85. The minimum Gasteiger partial charge on any atom is -0.462 e. The second kappa shape index (κ2) is 11.8. The van der Waals surface area contributed by atoms with Gasteiger partial charge in [-0.1, -0.05) is 60.7 Å². The van der Waals surface area contributed by atoms with Crippen molar-refractivity contribution in [1.29, 1.82) is 0 Å². The van der Waals surface area contributed by atoms with Crippen LogP contribution >= 0.6 is 0 Å². The summed E-state index contributed by atoms with van der Waals surface area (Å²) in [6.45, 7) is 4.37. The Balaban J connectivity index is 1.90. The van der Waals surface area contributed by atoms with Gasteiger partial charge in [-0.05, 0) is 25.0 Å². The number of ether oxygens (including phenoxy) is 3. The van der Waals surface area contributed by atoms with Gasteiger partial charge in [0.05, 0.1) is 12.7 Å². The van der Waals surface area contributed by atoms with E-state index in [1.54, 1.807) is 0 Å². The van der Waals surface area contributed by atoms with E-state index in [1.165, 1.54) is 0 Å². The first kappa shape index (κ1) is 21.4. The highest BCUT2D eigenvalue weighted by molar-refractivity contribution is 5.81. The number of hydrogen-bond donors (Lipinski definition) is 1. The van der Waals surface area contributed by atoms with E-state index in [9.17, 15) is 9.59 Å². The Labute approximate surface area is 165 Å². The summed E-state index contributed by atoms with van der Waals surface area (Å²) < 4.78 is 15.8. The third kappa shape index (κ3) is 8.22. The van der Waals surface area contributed by atoms with Crippen molar-refractivity contribution in [2.45, 2.75) is 39.0 Å². The van der Waals surface area contributed by atoms with Crippen molar-refractivity contribution in [2.24, 2.45) is 0 Å². The molecule has 0 radical (unpaired) electrons. The molecule has 6 nitrogen and oxygen atoms in total. The average molecular weight is 385 g/mol. The molecule has 0 unspecified atom stereocenters. The summed E-state index contributed by atoms with van der Waals surface area (Å²) >= 11 is 0. The predicted octanol–water partition coefficient (Wildman–Crippen LogP) is 3.49. The molecule has 0 aliphatic heterocycles. The van der Waals surface area contributed by atoms with Crippen LogP contribution in [0.5, 0.6) is 0 Å². The number of carbonyl (C=O) groups excluding carboxylic acids is 2. The number of hydrogen-bond acceptors (Lipinski definition) is 5. The van der Waals surface area contributed by atoms with Gasteiger partial charge in [0.15, 0.2) is 0 Å². The molecule has 2 aromatic carbocycles. The first-order chi connectivity index (χ1) is 13.5. The van der Waals surface area contributed by atoms with Gasteiger partial charge in [0.1, 0.15) is 19.3 Å². The summed E-state index contributed by atoms with van der Waals surface area (Å²) in [5.41, 5.74) is 1.77. The Morgan fingerprint density at radius 3 is 2.07 bits per heavy atom. The third-order valence-corrected chi connectivity index (χ3v) is 3.85. The van der Waals surface area contributed by atoms with Crippen molar-refractivity contribution in [3.05, 3.63) is 71.8 Å². The number of rotatable bonds is 10. The maximum Gasteiger partial charge on any atom is 0.408 e. The lowest BCUT2D eigenvalue weighted by Gasteiger charge is -2.18. The maximum absolute atomic E-state index is 12.5. The Bertz CT molecular complexity index is 718. The number of benzene rings is 2. The number of carbonyl (C=O) groups is 2. The van der Waals surface area contributed by atoms with Gasteiger partial charge in [-0.25, -0.2) is 9.59 Å². The monoisotopic (exact) mass is 385 g/mol. The molecule has 28 heavy (non-hydrogen) atoms. The molecule has 0 fully saturated rings. The van der Waals surface area contributed by atoms with Crippen LogP contribution in [0.4, 0.5) is 4.79 Å². The van der Waals surface area contributed by atoms with Crippen molar-refractivity contribution >= 4 is 12.1 Å². The fraction of sp³-hybridized carbons (Fsp3) is 0.364. The van der Waals surface area contributed by atoms with Crippen LogP contribution in [0.15, 0.2) is 60.7 Å². The normalized spacial score (nSPS) is 11.7. The van der Waals surface area contributed by atoms with E-state index in [2.05, 4.69) is 5.32 Å². The molecule has 0 spiro atoms. The molecule has 0 bridgehead atoms. The van der Waals surface area contributed by atoms with Crippen molar-refractivity contribution in [3.63, 3.8) is 0 Å². The highest BCUT2D eigenvalue weighted by Gasteiger charge is 2.23. The Kier molecular flexibility index (Phi) is 9.01.